The average molecular weight is 245 g/mol. The van der Waals surface area contributed by atoms with Crippen LogP contribution in [0.3, 0.4) is 0 Å². The molecule has 1 rings (SSSR count). The second-order valence-electron chi connectivity index (χ2n) is 5.87. The summed E-state index contributed by atoms with van der Waals surface area (Å²) < 4.78 is 11.0. The van der Waals surface area contributed by atoms with E-state index in [1.165, 1.54) is 4.90 Å². The van der Waals surface area contributed by atoms with Gasteiger partial charge in [0, 0.05) is 0 Å². The minimum absolute atomic E-state index is 0.135. The van der Waals surface area contributed by atoms with E-state index in [4.69, 9.17) is 9.47 Å². The normalized spacial score (nSPS) is 28.3. The van der Waals surface area contributed by atoms with E-state index < -0.39 is 17.4 Å². The molecule has 2 unspecified atom stereocenters. The van der Waals surface area contributed by atoms with Gasteiger partial charge in [-0.25, -0.2) is 4.79 Å². The van der Waals surface area contributed by atoms with Crippen LogP contribution in [0, 0.1) is 0 Å². The van der Waals surface area contributed by atoms with Crippen molar-refractivity contribution in [2.24, 2.45) is 0 Å². The molecule has 0 saturated carbocycles. The van der Waals surface area contributed by atoms with Gasteiger partial charge >= 0.3 is 6.09 Å². The van der Waals surface area contributed by atoms with Crippen molar-refractivity contribution in [3.8, 4) is 0 Å². The molecule has 1 N–H and O–H groups in total. The summed E-state index contributed by atoms with van der Waals surface area (Å²) in [7, 11) is 0. The van der Waals surface area contributed by atoms with Gasteiger partial charge in [0.1, 0.15) is 11.3 Å². The van der Waals surface area contributed by atoms with Crippen LogP contribution in [0.4, 0.5) is 4.79 Å². The molecule has 2 atom stereocenters. The molecule has 1 saturated heterocycles. The van der Waals surface area contributed by atoms with Crippen LogP contribution in [0.5, 0.6) is 0 Å². The Morgan fingerprint density at radius 3 is 2.41 bits per heavy atom. The van der Waals surface area contributed by atoms with Gasteiger partial charge in [-0.2, -0.15) is 0 Å². The fourth-order valence-corrected chi connectivity index (χ4v) is 2.10. The summed E-state index contributed by atoms with van der Waals surface area (Å²) in [5, 5.41) is 9.36. The highest BCUT2D eigenvalue weighted by Gasteiger charge is 2.49. The first kappa shape index (κ1) is 14.3. The Bertz CT molecular complexity index is 295. The lowest BCUT2D eigenvalue weighted by molar-refractivity contribution is -0.0762. The van der Waals surface area contributed by atoms with Crippen LogP contribution < -0.4 is 0 Å². The van der Waals surface area contributed by atoms with Crippen LogP contribution in [0.25, 0.3) is 0 Å². The zero-order valence-corrected chi connectivity index (χ0v) is 11.5. The van der Waals surface area contributed by atoms with Gasteiger partial charge in [0.25, 0.3) is 0 Å². The molecule has 0 aromatic rings. The van der Waals surface area contributed by atoms with Crippen molar-refractivity contribution in [3.63, 3.8) is 0 Å². The topological polar surface area (TPSA) is 59.0 Å². The highest BCUT2D eigenvalue weighted by molar-refractivity contribution is 5.69. The second-order valence-corrected chi connectivity index (χ2v) is 5.87. The van der Waals surface area contributed by atoms with E-state index in [0.29, 0.717) is 0 Å². The summed E-state index contributed by atoms with van der Waals surface area (Å²) in [5.41, 5.74) is -1.31. The van der Waals surface area contributed by atoms with Crippen molar-refractivity contribution >= 4 is 6.09 Å². The fourth-order valence-electron chi connectivity index (χ4n) is 2.10. The van der Waals surface area contributed by atoms with E-state index in [1.54, 1.807) is 13.8 Å². The smallest absolute Gasteiger partial charge is 0.412 e. The summed E-state index contributed by atoms with van der Waals surface area (Å²) in [6, 6.07) is -0.361. The van der Waals surface area contributed by atoms with Crippen molar-refractivity contribution in [1.82, 2.24) is 4.90 Å². The lowest BCUT2D eigenvalue weighted by Crippen LogP contribution is -2.51. The number of carbonyl (C=O) groups excluding carboxylic acids is 1. The predicted molar refractivity (Wildman–Crippen MR) is 63.6 cm³/mol. The molecule has 5 heteroatoms. The van der Waals surface area contributed by atoms with E-state index >= 15 is 0 Å². The molecule has 0 aromatic carbocycles. The Labute approximate surface area is 103 Å². The van der Waals surface area contributed by atoms with Crippen LogP contribution in [-0.2, 0) is 9.47 Å². The summed E-state index contributed by atoms with van der Waals surface area (Å²) >= 11 is 0. The van der Waals surface area contributed by atoms with Crippen molar-refractivity contribution in [2.75, 3.05) is 6.61 Å². The van der Waals surface area contributed by atoms with Crippen LogP contribution in [0.2, 0.25) is 0 Å². The Hall–Kier alpha value is -0.810. The fraction of sp³-hybridized carbons (Fsp3) is 0.917. The van der Waals surface area contributed by atoms with E-state index in [9.17, 15) is 9.90 Å². The molecule has 0 spiro atoms. The van der Waals surface area contributed by atoms with Gasteiger partial charge in [-0.3, -0.25) is 4.90 Å². The molecule has 1 aliphatic rings. The standard InChI is InChI=1S/C12H23NO4/c1-8-9(7-14)13(12(5,6)16-8)10(15)17-11(2,3)4/h8-9,14H,7H2,1-6H3. The van der Waals surface area contributed by atoms with Crippen LogP contribution in [-0.4, -0.2) is 46.2 Å². The Morgan fingerprint density at radius 2 is 2.00 bits per heavy atom. The van der Waals surface area contributed by atoms with E-state index in [1.807, 2.05) is 27.7 Å². The monoisotopic (exact) mass is 245 g/mol. The molecule has 0 aliphatic carbocycles. The molecule has 1 amide bonds. The molecule has 0 aromatic heterocycles. The number of carbonyl (C=O) groups is 1. The Morgan fingerprint density at radius 1 is 1.47 bits per heavy atom. The van der Waals surface area contributed by atoms with Crippen LogP contribution in [0.1, 0.15) is 41.5 Å². The van der Waals surface area contributed by atoms with E-state index in [2.05, 4.69) is 0 Å². The van der Waals surface area contributed by atoms with Gasteiger partial charge in [-0.15, -0.1) is 0 Å². The van der Waals surface area contributed by atoms with Gasteiger partial charge in [-0.1, -0.05) is 0 Å². The van der Waals surface area contributed by atoms with Crippen molar-refractivity contribution in [2.45, 2.75) is 65.0 Å². The zero-order chi connectivity index (χ0) is 13.4. The maximum atomic E-state index is 12.1. The highest BCUT2D eigenvalue weighted by atomic mass is 16.6. The number of hydrogen-bond donors (Lipinski definition) is 1. The average Bonchev–Trinajstić information content (AvgIpc) is 2.31. The van der Waals surface area contributed by atoms with Gasteiger partial charge in [0.05, 0.1) is 18.8 Å². The molecule has 0 bridgehead atoms. The summed E-state index contributed by atoms with van der Waals surface area (Å²) in [6.45, 7) is 10.7. The van der Waals surface area contributed by atoms with Gasteiger partial charge in [0.15, 0.2) is 0 Å². The number of amides is 1. The molecule has 100 valence electrons. The minimum Gasteiger partial charge on any atom is -0.444 e. The van der Waals surface area contributed by atoms with Crippen LogP contribution >= 0.6 is 0 Å². The number of rotatable bonds is 1. The zero-order valence-electron chi connectivity index (χ0n) is 11.5. The maximum absolute atomic E-state index is 12.1. The number of hydrogen-bond acceptors (Lipinski definition) is 4. The predicted octanol–water partition coefficient (Wildman–Crippen LogP) is 1.74. The van der Waals surface area contributed by atoms with Crippen molar-refractivity contribution < 1.29 is 19.4 Å². The maximum Gasteiger partial charge on any atom is 0.412 e. The third kappa shape index (κ3) is 3.10. The SMILES string of the molecule is CC1OC(C)(C)N(C(=O)OC(C)(C)C)C1CO. The molecular formula is C12H23NO4. The van der Waals surface area contributed by atoms with Crippen LogP contribution in [0.15, 0.2) is 0 Å². The molecule has 17 heavy (non-hydrogen) atoms. The lowest BCUT2D eigenvalue weighted by atomic mass is 10.1. The quantitative estimate of drug-likeness (QED) is 0.764. The Balaban J connectivity index is 2.89. The number of aliphatic hydroxyl groups is 1. The van der Waals surface area contributed by atoms with Gasteiger partial charge < -0.3 is 14.6 Å². The highest BCUT2D eigenvalue weighted by Crippen LogP contribution is 2.33. The van der Waals surface area contributed by atoms with Gasteiger partial charge in [-0.05, 0) is 41.5 Å². The molecule has 1 aliphatic heterocycles. The summed E-state index contributed by atoms with van der Waals surface area (Å²) in [4.78, 5) is 13.6. The Kier molecular flexibility index (Phi) is 3.74. The second kappa shape index (κ2) is 4.46. The summed E-state index contributed by atoms with van der Waals surface area (Å²) in [5.74, 6) is 0. The first-order chi connectivity index (χ1) is 7.58. The molecule has 1 fully saturated rings. The minimum atomic E-state index is -0.755. The van der Waals surface area contributed by atoms with E-state index in [-0.39, 0.29) is 18.8 Å². The molecule has 0 radical (unpaired) electrons. The van der Waals surface area contributed by atoms with Gasteiger partial charge in [0.2, 0.25) is 0 Å². The number of aliphatic hydroxyl groups excluding tert-OH is 1. The first-order valence-corrected chi connectivity index (χ1v) is 5.89. The number of nitrogens with zero attached hydrogens (tertiary/aromatic N) is 1. The largest absolute Gasteiger partial charge is 0.444 e. The van der Waals surface area contributed by atoms with Crippen molar-refractivity contribution in [3.05, 3.63) is 0 Å². The number of ether oxygens (including phenoxy) is 2. The molecule has 1 heterocycles. The third-order valence-electron chi connectivity index (χ3n) is 2.71. The van der Waals surface area contributed by atoms with E-state index in [0.717, 1.165) is 0 Å². The summed E-state index contributed by atoms with van der Waals surface area (Å²) in [6.07, 6.45) is -0.659. The first-order valence-electron chi connectivity index (χ1n) is 5.89. The molecule has 5 nitrogen and oxygen atoms in total. The lowest BCUT2D eigenvalue weighted by Gasteiger charge is -2.34. The molecular weight excluding hydrogens is 222 g/mol. The van der Waals surface area contributed by atoms with Crippen molar-refractivity contribution in [1.29, 1.82) is 0 Å². The third-order valence-corrected chi connectivity index (χ3v) is 2.71.